The summed E-state index contributed by atoms with van der Waals surface area (Å²) in [6.07, 6.45) is 3.16. The molecule has 0 aromatic rings. The summed E-state index contributed by atoms with van der Waals surface area (Å²) in [5.74, 6) is -1.60. The van der Waals surface area contributed by atoms with Crippen LogP contribution in [0, 0.1) is 0 Å². The van der Waals surface area contributed by atoms with Gasteiger partial charge in [0.05, 0.1) is 0 Å². The number of carboxylic acids is 1. The lowest BCUT2D eigenvalue weighted by Crippen LogP contribution is -2.42. The van der Waals surface area contributed by atoms with Gasteiger partial charge < -0.3 is 10.2 Å². The summed E-state index contributed by atoms with van der Waals surface area (Å²) >= 11 is 0. The van der Waals surface area contributed by atoms with Gasteiger partial charge in [-0.05, 0) is 25.7 Å². The third-order valence-corrected chi connectivity index (χ3v) is 2.26. The number of hydrogen-bond donors (Lipinski definition) is 2. The van der Waals surface area contributed by atoms with E-state index in [-0.39, 0.29) is 6.42 Å². The van der Waals surface area contributed by atoms with Gasteiger partial charge in [0.25, 0.3) is 0 Å². The lowest BCUT2D eigenvalue weighted by molar-refractivity contribution is -0.151. The van der Waals surface area contributed by atoms with Crippen LogP contribution in [0.15, 0.2) is 12.2 Å². The van der Waals surface area contributed by atoms with Gasteiger partial charge >= 0.3 is 5.97 Å². The Labute approximate surface area is 75.9 Å². The number of allylic oxidation sites excluding steroid dienone is 1. The Morgan fingerprint density at radius 2 is 2.23 bits per heavy atom. The van der Waals surface area contributed by atoms with E-state index in [9.17, 15) is 14.3 Å². The molecule has 0 fully saturated rings. The van der Waals surface area contributed by atoms with Crippen LogP contribution in [0.25, 0.3) is 0 Å². The average Bonchev–Trinajstić information content (AvgIpc) is 2.29. The molecule has 0 amide bonds. The van der Waals surface area contributed by atoms with Gasteiger partial charge in [-0.3, -0.25) is 0 Å². The van der Waals surface area contributed by atoms with Crippen LogP contribution in [0.3, 0.4) is 0 Å². The zero-order valence-corrected chi connectivity index (χ0v) is 7.24. The van der Waals surface area contributed by atoms with Gasteiger partial charge in [-0.1, -0.05) is 12.2 Å². The minimum absolute atomic E-state index is 0.178. The van der Waals surface area contributed by atoms with Gasteiger partial charge in [0.2, 0.25) is 6.17 Å². The van der Waals surface area contributed by atoms with Crippen LogP contribution in [0.1, 0.15) is 25.7 Å². The van der Waals surface area contributed by atoms with Crippen molar-refractivity contribution in [2.75, 3.05) is 0 Å². The Balaban J connectivity index is 2.77. The van der Waals surface area contributed by atoms with E-state index in [1.807, 2.05) is 0 Å². The molecule has 2 unspecified atom stereocenters. The summed E-state index contributed by atoms with van der Waals surface area (Å²) in [7, 11) is 0. The fourth-order valence-electron chi connectivity index (χ4n) is 1.47. The molecule has 0 radical (unpaired) electrons. The molecule has 0 aliphatic heterocycles. The number of halogens is 1. The van der Waals surface area contributed by atoms with Crippen molar-refractivity contribution in [3.05, 3.63) is 12.2 Å². The maximum absolute atomic E-state index is 13.1. The largest absolute Gasteiger partial charge is 0.479 e. The third-order valence-electron chi connectivity index (χ3n) is 2.26. The summed E-state index contributed by atoms with van der Waals surface area (Å²) in [6.45, 7) is 0. The summed E-state index contributed by atoms with van der Waals surface area (Å²) in [6, 6.07) is 0. The fourth-order valence-corrected chi connectivity index (χ4v) is 1.47. The highest BCUT2D eigenvalue weighted by atomic mass is 19.1. The highest BCUT2D eigenvalue weighted by molar-refractivity contribution is 5.74. The van der Waals surface area contributed by atoms with Crippen LogP contribution < -0.4 is 0 Å². The standard InChI is InChI=1S/C9H13FO3/c10-7(8(11)12)9(13)5-3-1-2-4-6-9/h3,5,7,13H,1-2,4,6H2,(H,11,12). The monoisotopic (exact) mass is 188 g/mol. The van der Waals surface area contributed by atoms with Crippen molar-refractivity contribution in [3.8, 4) is 0 Å². The summed E-state index contributed by atoms with van der Waals surface area (Å²) in [5, 5.41) is 18.1. The van der Waals surface area contributed by atoms with Crippen LogP contribution in [-0.2, 0) is 4.79 Å². The van der Waals surface area contributed by atoms with Crippen LogP contribution in [0.5, 0.6) is 0 Å². The zero-order valence-electron chi connectivity index (χ0n) is 7.24. The molecule has 1 aliphatic rings. The summed E-state index contributed by atoms with van der Waals surface area (Å²) in [5.41, 5.74) is -1.80. The van der Waals surface area contributed by atoms with Crippen molar-refractivity contribution < 1.29 is 19.4 Å². The quantitative estimate of drug-likeness (QED) is 0.641. The number of carboxylic acid groups (broad SMARTS) is 1. The van der Waals surface area contributed by atoms with Crippen LogP contribution in [-0.4, -0.2) is 28.0 Å². The molecule has 0 saturated carbocycles. The summed E-state index contributed by atoms with van der Waals surface area (Å²) in [4.78, 5) is 10.3. The Hall–Kier alpha value is -0.900. The Morgan fingerprint density at radius 3 is 2.85 bits per heavy atom. The van der Waals surface area contributed by atoms with Crippen molar-refractivity contribution in [2.45, 2.75) is 37.5 Å². The molecule has 0 spiro atoms. The van der Waals surface area contributed by atoms with Crippen molar-refractivity contribution in [1.82, 2.24) is 0 Å². The first-order chi connectivity index (χ1) is 6.06. The second kappa shape index (κ2) is 3.87. The molecule has 1 rings (SSSR count). The molecule has 4 heteroatoms. The maximum atomic E-state index is 13.1. The molecule has 2 atom stereocenters. The zero-order chi connectivity index (χ0) is 9.90. The van der Waals surface area contributed by atoms with E-state index < -0.39 is 17.7 Å². The summed E-state index contributed by atoms with van der Waals surface area (Å²) < 4.78 is 13.1. The number of hydrogen-bond acceptors (Lipinski definition) is 2. The lowest BCUT2D eigenvalue weighted by Gasteiger charge is -2.24. The molecule has 0 saturated heterocycles. The van der Waals surface area contributed by atoms with Gasteiger partial charge in [0.15, 0.2) is 0 Å². The van der Waals surface area contributed by atoms with Crippen molar-refractivity contribution in [3.63, 3.8) is 0 Å². The third kappa shape index (κ3) is 2.28. The molecule has 0 heterocycles. The van der Waals surface area contributed by atoms with E-state index in [2.05, 4.69) is 0 Å². The molecular formula is C9H13FO3. The van der Waals surface area contributed by atoms with Crippen molar-refractivity contribution >= 4 is 5.97 Å². The molecule has 2 N–H and O–H groups in total. The number of aliphatic hydroxyl groups is 1. The predicted molar refractivity (Wildman–Crippen MR) is 45.1 cm³/mol. The van der Waals surface area contributed by atoms with Gasteiger partial charge in [0, 0.05) is 0 Å². The van der Waals surface area contributed by atoms with Crippen LogP contribution >= 0.6 is 0 Å². The smallest absolute Gasteiger partial charge is 0.341 e. The van der Waals surface area contributed by atoms with Crippen molar-refractivity contribution in [2.24, 2.45) is 0 Å². The van der Waals surface area contributed by atoms with Gasteiger partial charge in [-0.15, -0.1) is 0 Å². The number of rotatable bonds is 2. The molecule has 0 aromatic carbocycles. The first kappa shape index (κ1) is 10.2. The first-order valence-corrected chi connectivity index (χ1v) is 4.33. The molecule has 0 bridgehead atoms. The minimum Gasteiger partial charge on any atom is -0.479 e. The molecule has 1 aliphatic carbocycles. The van der Waals surface area contributed by atoms with E-state index in [0.29, 0.717) is 6.42 Å². The molecule has 74 valence electrons. The molecule has 0 aromatic heterocycles. The van der Waals surface area contributed by atoms with E-state index >= 15 is 0 Å². The maximum Gasteiger partial charge on any atom is 0.341 e. The molecule has 3 nitrogen and oxygen atoms in total. The molecular weight excluding hydrogens is 175 g/mol. The predicted octanol–water partition coefficient (Wildman–Crippen LogP) is 1.27. The number of alkyl halides is 1. The average molecular weight is 188 g/mol. The van der Waals surface area contributed by atoms with Gasteiger partial charge in [0.1, 0.15) is 5.60 Å². The fraction of sp³-hybridized carbons (Fsp3) is 0.667. The first-order valence-electron chi connectivity index (χ1n) is 4.33. The van der Waals surface area contributed by atoms with Gasteiger partial charge in [-0.25, -0.2) is 9.18 Å². The Bertz CT molecular complexity index is 227. The lowest BCUT2D eigenvalue weighted by atomic mass is 9.93. The van der Waals surface area contributed by atoms with Crippen molar-refractivity contribution in [1.29, 1.82) is 0 Å². The Morgan fingerprint density at radius 1 is 1.54 bits per heavy atom. The second-order valence-corrected chi connectivity index (χ2v) is 3.34. The SMILES string of the molecule is O=C(O)C(F)C1(O)C=CCCCC1. The van der Waals surface area contributed by atoms with E-state index in [4.69, 9.17) is 5.11 Å². The second-order valence-electron chi connectivity index (χ2n) is 3.34. The van der Waals surface area contributed by atoms with Crippen LogP contribution in [0.2, 0.25) is 0 Å². The number of aliphatic carboxylic acids is 1. The highest BCUT2D eigenvalue weighted by Crippen LogP contribution is 2.26. The Kier molecular flexibility index (Phi) is 3.03. The normalized spacial score (nSPS) is 30.9. The minimum atomic E-state index is -2.22. The highest BCUT2D eigenvalue weighted by Gasteiger charge is 2.39. The molecule has 13 heavy (non-hydrogen) atoms. The van der Waals surface area contributed by atoms with E-state index in [1.165, 1.54) is 6.08 Å². The topological polar surface area (TPSA) is 57.5 Å². The number of carbonyl (C=O) groups is 1. The van der Waals surface area contributed by atoms with E-state index in [1.54, 1.807) is 6.08 Å². The van der Waals surface area contributed by atoms with Gasteiger partial charge in [-0.2, -0.15) is 0 Å². The van der Waals surface area contributed by atoms with Crippen LogP contribution in [0.4, 0.5) is 4.39 Å². The van der Waals surface area contributed by atoms with E-state index in [0.717, 1.165) is 12.8 Å².